The molecule has 0 aromatic carbocycles. The van der Waals surface area contributed by atoms with E-state index >= 15 is 0 Å². The van der Waals surface area contributed by atoms with Gasteiger partial charge in [0.1, 0.15) is 0 Å². The number of nitrogens with zero attached hydrogens (tertiary/aromatic N) is 2. The fourth-order valence-electron chi connectivity index (χ4n) is 2.78. The Bertz CT molecular complexity index is 362. The lowest BCUT2D eigenvalue weighted by Crippen LogP contribution is -2.25. The summed E-state index contributed by atoms with van der Waals surface area (Å²) in [6.07, 6.45) is 7.14. The summed E-state index contributed by atoms with van der Waals surface area (Å²) in [7, 11) is 4.08. The van der Waals surface area contributed by atoms with Gasteiger partial charge < -0.3 is 10.2 Å². The van der Waals surface area contributed by atoms with E-state index < -0.39 is 0 Å². The minimum absolute atomic E-state index is 0.628. The number of hydrogen-bond donors (Lipinski definition) is 1. The van der Waals surface area contributed by atoms with E-state index in [1.54, 1.807) is 0 Å². The SMILES string of the molecule is CCC1CCCC1Nc1cccnc1N(C)C. The molecule has 1 aromatic rings. The molecular formula is C14H23N3. The van der Waals surface area contributed by atoms with Crippen molar-refractivity contribution < 1.29 is 0 Å². The first-order chi connectivity index (χ1) is 8.22. The third-order valence-electron chi connectivity index (χ3n) is 3.73. The molecule has 1 aliphatic carbocycles. The summed E-state index contributed by atoms with van der Waals surface area (Å²) in [6, 6.07) is 4.77. The molecule has 1 aromatic heterocycles. The van der Waals surface area contributed by atoms with Gasteiger partial charge in [0.05, 0.1) is 5.69 Å². The highest BCUT2D eigenvalue weighted by Gasteiger charge is 2.26. The minimum Gasteiger partial charge on any atom is -0.379 e. The van der Waals surface area contributed by atoms with Crippen molar-refractivity contribution in [1.29, 1.82) is 0 Å². The van der Waals surface area contributed by atoms with Crippen LogP contribution in [0.2, 0.25) is 0 Å². The van der Waals surface area contributed by atoms with Gasteiger partial charge in [-0.3, -0.25) is 0 Å². The van der Waals surface area contributed by atoms with Crippen molar-refractivity contribution in [2.24, 2.45) is 5.92 Å². The maximum absolute atomic E-state index is 4.43. The molecule has 0 amide bonds. The predicted octanol–water partition coefficient (Wildman–Crippen LogP) is 3.14. The van der Waals surface area contributed by atoms with E-state index in [1.807, 2.05) is 26.4 Å². The van der Waals surface area contributed by atoms with E-state index in [4.69, 9.17) is 0 Å². The quantitative estimate of drug-likeness (QED) is 0.866. The molecule has 0 saturated heterocycles. The molecule has 3 nitrogen and oxygen atoms in total. The van der Waals surface area contributed by atoms with Gasteiger partial charge in [0.2, 0.25) is 0 Å². The van der Waals surface area contributed by atoms with Crippen molar-refractivity contribution in [3.05, 3.63) is 18.3 Å². The van der Waals surface area contributed by atoms with E-state index in [-0.39, 0.29) is 0 Å². The minimum atomic E-state index is 0.628. The highest BCUT2D eigenvalue weighted by atomic mass is 15.2. The Hall–Kier alpha value is -1.25. The van der Waals surface area contributed by atoms with Crippen molar-refractivity contribution in [2.45, 2.75) is 38.6 Å². The molecule has 0 spiro atoms. The summed E-state index contributed by atoms with van der Waals surface area (Å²) >= 11 is 0. The van der Waals surface area contributed by atoms with Crippen LogP contribution in [-0.4, -0.2) is 25.1 Å². The van der Waals surface area contributed by atoms with Gasteiger partial charge in [-0.05, 0) is 30.9 Å². The monoisotopic (exact) mass is 233 g/mol. The largest absolute Gasteiger partial charge is 0.379 e. The van der Waals surface area contributed by atoms with Crippen LogP contribution in [0.25, 0.3) is 0 Å². The van der Waals surface area contributed by atoms with Crippen LogP contribution in [0.3, 0.4) is 0 Å². The average molecular weight is 233 g/mol. The van der Waals surface area contributed by atoms with Crippen LogP contribution < -0.4 is 10.2 Å². The Morgan fingerprint density at radius 2 is 2.24 bits per heavy atom. The van der Waals surface area contributed by atoms with Crippen LogP contribution in [0.1, 0.15) is 32.6 Å². The van der Waals surface area contributed by atoms with E-state index in [9.17, 15) is 0 Å². The zero-order valence-electron chi connectivity index (χ0n) is 11.1. The van der Waals surface area contributed by atoms with Gasteiger partial charge in [0, 0.05) is 26.3 Å². The van der Waals surface area contributed by atoms with Gasteiger partial charge in [-0.2, -0.15) is 0 Å². The molecule has 1 saturated carbocycles. The summed E-state index contributed by atoms with van der Waals surface area (Å²) in [5.74, 6) is 1.86. The van der Waals surface area contributed by atoms with Gasteiger partial charge in [-0.25, -0.2) is 4.98 Å². The standard InChI is InChI=1S/C14H23N3/c1-4-11-7-5-8-12(11)16-13-9-6-10-15-14(13)17(2)3/h6,9-12,16H,4-5,7-8H2,1-3H3. The van der Waals surface area contributed by atoms with Crippen LogP contribution in [0.5, 0.6) is 0 Å². The zero-order valence-corrected chi connectivity index (χ0v) is 11.1. The van der Waals surface area contributed by atoms with Crippen molar-refractivity contribution in [2.75, 3.05) is 24.3 Å². The smallest absolute Gasteiger partial charge is 0.151 e. The molecular weight excluding hydrogens is 210 g/mol. The molecule has 0 bridgehead atoms. The Kier molecular flexibility index (Phi) is 3.87. The summed E-state index contributed by atoms with van der Waals surface area (Å²) in [4.78, 5) is 6.50. The van der Waals surface area contributed by atoms with Crippen LogP contribution in [0.4, 0.5) is 11.5 Å². The summed E-state index contributed by atoms with van der Waals surface area (Å²) in [6.45, 7) is 2.29. The topological polar surface area (TPSA) is 28.2 Å². The first-order valence-electron chi connectivity index (χ1n) is 6.61. The molecule has 94 valence electrons. The fraction of sp³-hybridized carbons (Fsp3) is 0.643. The Labute approximate surface area is 104 Å². The number of anilines is 2. The third-order valence-corrected chi connectivity index (χ3v) is 3.73. The molecule has 1 fully saturated rings. The molecule has 2 atom stereocenters. The Morgan fingerprint density at radius 3 is 2.94 bits per heavy atom. The summed E-state index contributed by atoms with van der Waals surface area (Å²) in [5, 5.41) is 3.69. The number of rotatable bonds is 4. The van der Waals surface area contributed by atoms with Gasteiger partial charge in [-0.15, -0.1) is 0 Å². The first-order valence-corrected chi connectivity index (χ1v) is 6.61. The molecule has 1 heterocycles. The second-order valence-corrected chi connectivity index (χ2v) is 5.12. The number of hydrogen-bond acceptors (Lipinski definition) is 3. The number of nitrogens with one attached hydrogen (secondary N) is 1. The first kappa shape index (κ1) is 12.2. The van der Waals surface area contributed by atoms with Crippen LogP contribution >= 0.6 is 0 Å². The maximum Gasteiger partial charge on any atom is 0.151 e. The van der Waals surface area contributed by atoms with Gasteiger partial charge in [0.25, 0.3) is 0 Å². The van der Waals surface area contributed by atoms with Gasteiger partial charge >= 0.3 is 0 Å². The highest BCUT2D eigenvalue weighted by Crippen LogP contribution is 2.32. The van der Waals surface area contributed by atoms with Gasteiger partial charge in [-0.1, -0.05) is 19.8 Å². The second kappa shape index (κ2) is 5.39. The molecule has 3 heteroatoms. The maximum atomic E-state index is 4.43. The Balaban J connectivity index is 2.12. The normalized spacial score (nSPS) is 23.7. The van der Waals surface area contributed by atoms with E-state index in [2.05, 4.69) is 28.2 Å². The average Bonchev–Trinajstić information content (AvgIpc) is 2.77. The second-order valence-electron chi connectivity index (χ2n) is 5.12. The number of aromatic nitrogens is 1. The van der Waals surface area contributed by atoms with Crippen molar-refractivity contribution in [3.63, 3.8) is 0 Å². The Morgan fingerprint density at radius 1 is 1.41 bits per heavy atom. The lowest BCUT2D eigenvalue weighted by Gasteiger charge is -2.24. The predicted molar refractivity (Wildman–Crippen MR) is 73.6 cm³/mol. The van der Waals surface area contributed by atoms with Crippen molar-refractivity contribution >= 4 is 11.5 Å². The zero-order chi connectivity index (χ0) is 12.3. The summed E-state index contributed by atoms with van der Waals surface area (Å²) < 4.78 is 0. The van der Waals surface area contributed by atoms with E-state index in [0.29, 0.717) is 6.04 Å². The number of pyridine rings is 1. The van der Waals surface area contributed by atoms with Crippen molar-refractivity contribution in [3.8, 4) is 0 Å². The third kappa shape index (κ3) is 2.71. The summed E-state index contributed by atoms with van der Waals surface area (Å²) in [5.41, 5.74) is 1.17. The molecule has 2 rings (SSSR count). The molecule has 2 unspecified atom stereocenters. The van der Waals surface area contributed by atoms with Crippen LogP contribution in [0, 0.1) is 5.92 Å². The van der Waals surface area contributed by atoms with Crippen molar-refractivity contribution in [1.82, 2.24) is 4.98 Å². The van der Waals surface area contributed by atoms with E-state index in [0.717, 1.165) is 11.7 Å². The van der Waals surface area contributed by atoms with Crippen LogP contribution in [-0.2, 0) is 0 Å². The fourth-order valence-corrected chi connectivity index (χ4v) is 2.78. The molecule has 0 aliphatic heterocycles. The molecule has 0 radical (unpaired) electrons. The van der Waals surface area contributed by atoms with E-state index in [1.165, 1.54) is 31.4 Å². The molecule has 17 heavy (non-hydrogen) atoms. The lowest BCUT2D eigenvalue weighted by atomic mass is 10.0. The lowest BCUT2D eigenvalue weighted by molar-refractivity contribution is 0.489. The van der Waals surface area contributed by atoms with Gasteiger partial charge in [0.15, 0.2) is 5.82 Å². The highest BCUT2D eigenvalue weighted by molar-refractivity contribution is 5.65. The van der Waals surface area contributed by atoms with Crippen LogP contribution in [0.15, 0.2) is 18.3 Å². The molecule has 1 aliphatic rings. The molecule has 1 N–H and O–H groups in total.